The number of amides is 2. The summed E-state index contributed by atoms with van der Waals surface area (Å²) in [6, 6.07) is 12.3. The molecule has 1 aromatic heterocycles. The first-order valence-electron chi connectivity index (χ1n) is 11.1. The lowest BCUT2D eigenvalue weighted by Gasteiger charge is -2.33. The van der Waals surface area contributed by atoms with Crippen LogP contribution >= 0.6 is 11.3 Å². The maximum atomic E-state index is 13.5. The number of carbonyl (C=O) groups is 2. The molecule has 3 rings (SSSR count). The van der Waals surface area contributed by atoms with Crippen LogP contribution in [0.25, 0.3) is 0 Å². The Labute approximate surface area is 184 Å². The Hall–Kier alpha value is -2.14. The first-order chi connectivity index (χ1) is 14.5. The van der Waals surface area contributed by atoms with Crippen LogP contribution in [0.1, 0.15) is 62.0 Å². The van der Waals surface area contributed by atoms with Crippen molar-refractivity contribution in [1.82, 2.24) is 9.80 Å². The molecule has 5 heteroatoms. The molecule has 0 radical (unpaired) electrons. The molecule has 2 amide bonds. The molecule has 1 atom stereocenters. The summed E-state index contributed by atoms with van der Waals surface area (Å²) in [5.41, 5.74) is 2.32. The van der Waals surface area contributed by atoms with Gasteiger partial charge in [0.15, 0.2) is 0 Å². The molecular weight excluding hydrogens is 392 g/mol. The summed E-state index contributed by atoms with van der Waals surface area (Å²) in [7, 11) is 0. The fourth-order valence-corrected chi connectivity index (χ4v) is 5.02. The van der Waals surface area contributed by atoms with Crippen molar-refractivity contribution in [3.8, 4) is 0 Å². The normalized spacial score (nSPS) is 15.2. The van der Waals surface area contributed by atoms with E-state index in [0.29, 0.717) is 13.1 Å². The van der Waals surface area contributed by atoms with Crippen molar-refractivity contribution in [2.45, 2.75) is 72.0 Å². The average Bonchev–Trinajstić information content (AvgIpc) is 3.43. The number of benzene rings is 1. The van der Waals surface area contributed by atoms with E-state index in [1.165, 1.54) is 10.4 Å². The standard InChI is InChI=1S/C25H34N2O2S/c1-4-20(3)27(25(29)22-12-8-9-13-22)18-24(28)26(16-21-10-6-5-7-11-21)17-23-19(2)14-15-30-23/h5-7,10-11,14-15,20,22H,4,8-9,12-13,16-18H2,1-3H3/t20-/m0/s1. The predicted octanol–water partition coefficient (Wildman–Crippen LogP) is 5.40. The van der Waals surface area contributed by atoms with E-state index in [1.54, 1.807) is 11.3 Å². The molecule has 1 fully saturated rings. The summed E-state index contributed by atoms with van der Waals surface area (Å²) in [5, 5.41) is 2.07. The Morgan fingerprint density at radius 3 is 2.40 bits per heavy atom. The second-order valence-corrected chi connectivity index (χ2v) is 9.47. The van der Waals surface area contributed by atoms with Gasteiger partial charge in [0.1, 0.15) is 6.54 Å². The van der Waals surface area contributed by atoms with Gasteiger partial charge in [-0.1, -0.05) is 50.1 Å². The molecule has 0 aliphatic heterocycles. The number of rotatable bonds is 9. The molecule has 2 aromatic rings. The van der Waals surface area contributed by atoms with Crippen LogP contribution in [0, 0.1) is 12.8 Å². The van der Waals surface area contributed by atoms with E-state index in [0.717, 1.165) is 37.7 Å². The van der Waals surface area contributed by atoms with Gasteiger partial charge >= 0.3 is 0 Å². The first-order valence-corrected chi connectivity index (χ1v) is 12.0. The van der Waals surface area contributed by atoms with E-state index in [2.05, 4.69) is 44.4 Å². The Bertz CT molecular complexity index is 827. The molecule has 1 aromatic carbocycles. The average molecular weight is 427 g/mol. The highest BCUT2D eigenvalue weighted by Gasteiger charge is 2.31. The summed E-state index contributed by atoms with van der Waals surface area (Å²) >= 11 is 1.69. The highest BCUT2D eigenvalue weighted by Crippen LogP contribution is 2.28. The molecule has 0 spiro atoms. The smallest absolute Gasteiger partial charge is 0.242 e. The molecule has 1 heterocycles. The molecule has 1 saturated carbocycles. The van der Waals surface area contributed by atoms with Gasteiger partial charge in [-0.25, -0.2) is 0 Å². The zero-order valence-corrected chi connectivity index (χ0v) is 19.3. The molecule has 0 N–H and O–H groups in total. The topological polar surface area (TPSA) is 40.6 Å². The predicted molar refractivity (Wildman–Crippen MR) is 123 cm³/mol. The number of nitrogens with zero attached hydrogens (tertiary/aromatic N) is 2. The van der Waals surface area contributed by atoms with E-state index in [-0.39, 0.29) is 30.3 Å². The fraction of sp³-hybridized carbons (Fsp3) is 0.520. The van der Waals surface area contributed by atoms with Crippen LogP contribution in [0.2, 0.25) is 0 Å². The van der Waals surface area contributed by atoms with Crippen LogP contribution in [0.15, 0.2) is 41.8 Å². The van der Waals surface area contributed by atoms with Crippen molar-refractivity contribution in [3.05, 3.63) is 57.8 Å². The van der Waals surface area contributed by atoms with Crippen LogP contribution in [0.5, 0.6) is 0 Å². The van der Waals surface area contributed by atoms with E-state index in [9.17, 15) is 9.59 Å². The number of carbonyl (C=O) groups excluding carboxylic acids is 2. The van der Waals surface area contributed by atoms with Crippen molar-refractivity contribution in [2.24, 2.45) is 5.92 Å². The lowest BCUT2D eigenvalue weighted by atomic mass is 10.0. The quantitative estimate of drug-likeness (QED) is 0.538. The second-order valence-electron chi connectivity index (χ2n) is 8.47. The summed E-state index contributed by atoms with van der Waals surface area (Å²) in [6.45, 7) is 7.55. The Balaban J connectivity index is 1.78. The maximum Gasteiger partial charge on any atom is 0.242 e. The van der Waals surface area contributed by atoms with Crippen molar-refractivity contribution in [2.75, 3.05) is 6.54 Å². The zero-order chi connectivity index (χ0) is 21.5. The van der Waals surface area contributed by atoms with Crippen molar-refractivity contribution >= 4 is 23.2 Å². The fourth-order valence-electron chi connectivity index (χ4n) is 4.10. The van der Waals surface area contributed by atoms with E-state index in [1.807, 2.05) is 28.0 Å². The summed E-state index contributed by atoms with van der Waals surface area (Å²) in [6.07, 6.45) is 5.02. The minimum atomic E-state index is 0.0262. The van der Waals surface area contributed by atoms with Gasteiger partial charge in [-0.05, 0) is 55.7 Å². The van der Waals surface area contributed by atoms with E-state index in [4.69, 9.17) is 0 Å². The third-order valence-electron chi connectivity index (χ3n) is 6.29. The van der Waals surface area contributed by atoms with Gasteiger partial charge in [-0.15, -0.1) is 11.3 Å². The van der Waals surface area contributed by atoms with Gasteiger partial charge in [0.2, 0.25) is 11.8 Å². The lowest BCUT2D eigenvalue weighted by molar-refractivity contribution is -0.145. The molecule has 30 heavy (non-hydrogen) atoms. The second kappa shape index (κ2) is 10.8. The van der Waals surface area contributed by atoms with Crippen LogP contribution in [0.3, 0.4) is 0 Å². The van der Waals surface area contributed by atoms with Crippen molar-refractivity contribution in [3.63, 3.8) is 0 Å². The maximum absolute atomic E-state index is 13.5. The minimum Gasteiger partial charge on any atom is -0.332 e. The van der Waals surface area contributed by atoms with Crippen LogP contribution in [0.4, 0.5) is 0 Å². The van der Waals surface area contributed by atoms with Gasteiger partial charge < -0.3 is 9.80 Å². The minimum absolute atomic E-state index is 0.0262. The highest BCUT2D eigenvalue weighted by molar-refractivity contribution is 7.10. The van der Waals surface area contributed by atoms with Crippen LogP contribution < -0.4 is 0 Å². The molecule has 1 aliphatic rings. The van der Waals surface area contributed by atoms with E-state index >= 15 is 0 Å². The molecule has 0 bridgehead atoms. The van der Waals surface area contributed by atoms with Gasteiger partial charge in [-0.3, -0.25) is 9.59 Å². The largest absolute Gasteiger partial charge is 0.332 e. The first kappa shape index (κ1) is 22.5. The summed E-state index contributed by atoms with van der Waals surface area (Å²) < 4.78 is 0. The van der Waals surface area contributed by atoms with Gasteiger partial charge in [-0.2, -0.15) is 0 Å². The Morgan fingerprint density at radius 1 is 1.10 bits per heavy atom. The molecular formula is C25H34N2O2S. The van der Waals surface area contributed by atoms with Crippen molar-refractivity contribution in [1.29, 1.82) is 0 Å². The van der Waals surface area contributed by atoms with Crippen LogP contribution in [-0.4, -0.2) is 34.2 Å². The number of aryl methyl sites for hydroxylation is 1. The third-order valence-corrected chi connectivity index (χ3v) is 7.30. The van der Waals surface area contributed by atoms with Gasteiger partial charge in [0, 0.05) is 23.4 Å². The number of hydrogen-bond acceptors (Lipinski definition) is 3. The molecule has 4 nitrogen and oxygen atoms in total. The number of hydrogen-bond donors (Lipinski definition) is 0. The van der Waals surface area contributed by atoms with Gasteiger partial charge in [0.05, 0.1) is 6.54 Å². The Morgan fingerprint density at radius 2 is 1.80 bits per heavy atom. The molecule has 0 saturated heterocycles. The summed E-state index contributed by atoms with van der Waals surface area (Å²) in [5.74, 6) is 0.286. The molecule has 0 unspecified atom stereocenters. The molecule has 1 aliphatic carbocycles. The Kier molecular flexibility index (Phi) is 8.08. The van der Waals surface area contributed by atoms with Gasteiger partial charge in [0.25, 0.3) is 0 Å². The summed E-state index contributed by atoms with van der Waals surface area (Å²) in [4.78, 5) is 31.6. The lowest BCUT2D eigenvalue weighted by Crippen LogP contribution is -2.48. The van der Waals surface area contributed by atoms with Crippen LogP contribution in [-0.2, 0) is 22.7 Å². The highest BCUT2D eigenvalue weighted by atomic mass is 32.1. The third kappa shape index (κ3) is 5.72. The number of thiophene rings is 1. The zero-order valence-electron chi connectivity index (χ0n) is 18.5. The monoisotopic (exact) mass is 426 g/mol. The van der Waals surface area contributed by atoms with Crippen molar-refractivity contribution < 1.29 is 9.59 Å². The SMILES string of the molecule is CC[C@H](C)N(CC(=O)N(Cc1ccccc1)Cc1sccc1C)C(=O)C1CCCC1. The molecule has 162 valence electrons. The van der Waals surface area contributed by atoms with E-state index < -0.39 is 0 Å².